The van der Waals surface area contributed by atoms with Crippen LogP contribution in [0.2, 0.25) is 0 Å². The van der Waals surface area contributed by atoms with Gasteiger partial charge in [-0.3, -0.25) is 9.69 Å². The van der Waals surface area contributed by atoms with E-state index < -0.39 is 12.4 Å². The van der Waals surface area contributed by atoms with Gasteiger partial charge in [0.1, 0.15) is 17.8 Å². The first-order chi connectivity index (χ1) is 21.5. The third-order valence-electron chi connectivity index (χ3n) is 6.88. The van der Waals surface area contributed by atoms with Gasteiger partial charge in [-0.15, -0.1) is 18.3 Å². The maximum absolute atomic E-state index is 13.1. The number of ether oxygens (including phenoxy) is 2. The van der Waals surface area contributed by atoms with E-state index in [1.807, 2.05) is 39.0 Å². The van der Waals surface area contributed by atoms with E-state index >= 15 is 0 Å². The number of nitrogens with zero attached hydrogens (tertiary/aromatic N) is 5. The highest BCUT2D eigenvalue weighted by atomic mass is 32.2. The first-order valence-corrected chi connectivity index (χ1v) is 14.9. The van der Waals surface area contributed by atoms with Gasteiger partial charge in [0.15, 0.2) is 11.0 Å². The Morgan fingerprint density at radius 3 is 2.49 bits per heavy atom. The number of alkyl halides is 3. The fourth-order valence-electron chi connectivity index (χ4n) is 4.71. The van der Waals surface area contributed by atoms with Crippen LogP contribution in [0.3, 0.4) is 0 Å². The lowest BCUT2D eigenvalue weighted by Gasteiger charge is -2.22. The van der Waals surface area contributed by atoms with Gasteiger partial charge in [0.05, 0.1) is 24.2 Å². The normalized spacial score (nSPS) is 14.4. The molecule has 0 aliphatic carbocycles. The van der Waals surface area contributed by atoms with Crippen molar-refractivity contribution in [2.24, 2.45) is 4.99 Å². The number of halogens is 3. The number of aromatic nitrogens is 3. The molecular weight excluding hydrogens is 609 g/mol. The lowest BCUT2D eigenvalue weighted by Crippen LogP contribution is -2.31. The van der Waals surface area contributed by atoms with Crippen LogP contribution in [0, 0.1) is 0 Å². The number of rotatable bonds is 8. The number of aliphatic imine (C=N–C) groups is 1. The number of nitrogens with one attached hydrogen (secondary N) is 1. The zero-order chi connectivity index (χ0) is 32.3. The summed E-state index contributed by atoms with van der Waals surface area (Å²) in [5.74, 6) is 0.717. The topological polar surface area (TPSA) is 111 Å². The number of aryl methyl sites for hydroxylation is 1. The maximum atomic E-state index is 13.1. The lowest BCUT2D eigenvalue weighted by molar-refractivity contribution is -0.274. The van der Waals surface area contributed by atoms with E-state index in [2.05, 4.69) is 25.1 Å². The Kier molecular flexibility index (Phi) is 9.14. The quantitative estimate of drug-likeness (QED) is 0.217. The molecule has 1 aliphatic rings. The van der Waals surface area contributed by atoms with Crippen LogP contribution in [0.15, 0.2) is 72.0 Å². The molecule has 0 unspecified atom stereocenters. The minimum absolute atomic E-state index is 0.115. The van der Waals surface area contributed by atoms with Gasteiger partial charge in [0.2, 0.25) is 5.91 Å². The Morgan fingerprint density at radius 2 is 1.82 bits per heavy atom. The van der Waals surface area contributed by atoms with Gasteiger partial charge in [-0.2, -0.15) is 4.99 Å². The van der Waals surface area contributed by atoms with Gasteiger partial charge in [-0.05, 0) is 72.0 Å². The van der Waals surface area contributed by atoms with Crippen LogP contribution in [-0.4, -0.2) is 51.1 Å². The predicted octanol–water partition coefficient (Wildman–Crippen LogP) is 7.20. The van der Waals surface area contributed by atoms with E-state index in [-0.39, 0.29) is 28.5 Å². The summed E-state index contributed by atoms with van der Waals surface area (Å²) in [6.45, 7) is 5.97. The van der Waals surface area contributed by atoms with Gasteiger partial charge in [0.25, 0.3) is 0 Å². The summed E-state index contributed by atoms with van der Waals surface area (Å²) in [5.41, 5.74) is 4.06. The molecule has 2 heterocycles. The fraction of sp³-hybridized carbons (Fsp3) is 0.258. The molecule has 4 aromatic rings. The molecule has 0 radical (unpaired) electrons. The molecule has 45 heavy (non-hydrogen) atoms. The smallest absolute Gasteiger partial charge is 0.497 e. The summed E-state index contributed by atoms with van der Waals surface area (Å²) in [5, 5.41) is 7.55. The number of methoxy groups -OCH3 is 1. The number of hydrogen-bond acceptors (Lipinski definition) is 7. The average molecular weight is 639 g/mol. The number of benzene rings is 3. The number of thioether (sulfide) groups is 1. The fourth-order valence-corrected chi connectivity index (χ4v) is 5.57. The number of anilines is 2. The van der Waals surface area contributed by atoms with E-state index in [0.717, 1.165) is 11.1 Å². The van der Waals surface area contributed by atoms with Crippen molar-refractivity contribution < 1.29 is 32.2 Å². The molecule has 1 aliphatic heterocycles. The lowest BCUT2D eigenvalue weighted by atomic mass is 10.00. The van der Waals surface area contributed by atoms with Gasteiger partial charge in [0, 0.05) is 17.3 Å². The van der Waals surface area contributed by atoms with Crippen LogP contribution in [0.25, 0.3) is 17.1 Å². The molecule has 10 nitrogen and oxygen atoms in total. The van der Waals surface area contributed by atoms with E-state index in [0.29, 0.717) is 40.6 Å². The number of amides is 3. The zero-order valence-corrected chi connectivity index (χ0v) is 25.6. The molecule has 234 valence electrons. The van der Waals surface area contributed by atoms with E-state index in [9.17, 15) is 22.8 Å². The highest BCUT2D eigenvalue weighted by molar-refractivity contribution is 8.15. The summed E-state index contributed by atoms with van der Waals surface area (Å²) in [4.78, 5) is 36.1. The van der Waals surface area contributed by atoms with E-state index in [4.69, 9.17) is 4.74 Å². The molecule has 1 aromatic heterocycles. The van der Waals surface area contributed by atoms with Crippen molar-refractivity contribution in [3.8, 4) is 28.6 Å². The van der Waals surface area contributed by atoms with Crippen LogP contribution in [0.4, 0.5) is 29.3 Å². The van der Waals surface area contributed by atoms with Crippen LogP contribution >= 0.6 is 11.8 Å². The van der Waals surface area contributed by atoms with Crippen molar-refractivity contribution >= 4 is 40.2 Å². The van der Waals surface area contributed by atoms with Crippen molar-refractivity contribution in [1.29, 1.82) is 0 Å². The molecule has 1 saturated heterocycles. The van der Waals surface area contributed by atoms with Crippen LogP contribution in [0.5, 0.6) is 11.5 Å². The second kappa shape index (κ2) is 13.0. The third kappa shape index (κ3) is 7.28. The highest BCUT2D eigenvalue weighted by Crippen LogP contribution is 2.36. The molecule has 3 aromatic carbocycles. The molecule has 14 heteroatoms. The average Bonchev–Trinajstić information content (AvgIpc) is 3.63. The summed E-state index contributed by atoms with van der Waals surface area (Å²) in [6, 6.07) is 15.4. The third-order valence-corrected chi connectivity index (χ3v) is 7.80. The Morgan fingerprint density at radius 1 is 1.09 bits per heavy atom. The predicted molar refractivity (Wildman–Crippen MR) is 166 cm³/mol. The molecule has 5 rings (SSSR count). The number of urea groups is 1. The van der Waals surface area contributed by atoms with Gasteiger partial charge >= 0.3 is 12.4 Å². The molecule has 0 atom stereocenters. The molecular formula is C31H29F3N6O4S. The van der Waals surface area contributed by atoms with Crippen molar-refractivity contribution in [2.45, 2.75) is 39.5 Å². The summed E-state index contributed by atoms with van der Waals surface area (Å²) < 4.78 is 48.1. The highest BCUT2D eigenvalue weighted by Gasteiger charge is 2.33. The van der Waals surface area contributed by atoms with E-state index in [1.165, 1.54) is 51.9 Å². The SMILES string of the molecule is CCc1cc(-c2ncn(-c3ccc(OC(F)(F)F)cc3)n2)ccc1NC(=O)/N=C1\SCC(=O)N1c1cc(OC)ccc1C(C)C. The summed E-state index contributed by atoms with van der Waals surface area (Å²) >= 11 is 1.19. The molecule has 0 spiro atoms. The van der Waals surface area contributed by atoms with Crippen LogP contribution < -0.4 is 19.7 Å². The van der Waals surface area contributed by atoms with Crippen molar-refractivity contribution in [3.63, 3.8) is 0 Å². The van der Waals surface area contributed by atoms with Crippen molar-refractivity contribution in [3.05, 3.63) is 78.1 Å². The monoisotopic (exact) mass is 638 g/mol. The minimum Gasteiger partial charge on any atom is -0.497 e. The van der Waals surface area contributed by atoms with Crippen molar-refractivity contribution in [2.75, 3.05) is 23.1 Å². The molecule has 0 bridgehead atoms. The van der Waals surface area contributed by atoms with Gasteiger partial charge in [-0.25, -0.2) is 14.5 Å². The molecule has 3 amide bonds. The molecule has 0 saturated carbocycles. The Labute approximate surface area is 261 Å². The number of hydrogen-bond donors (Lipinski definition) is 1. The Balaban J connectivity index is 1.34. The number of carbonyl (C=O) groups is 2. The zero-order valence-electron chi connectivity index (χ0n) is 24.8. The number of amidine groups is 1. The van der Waals surface area contributed by atoms with Crippen molar-refractivity contribution in [1.82, 2.24) is 14.8 Å². The Bertz CT molecular complexity index is 1750. The van der Waals surface area contributed by atoms with Gasteiger partial charge in [-0.1, -0.05) is 38.6 Å². The second-order valence-corrected chi connectivity index (χ2v) is 11.1. The first-order valence-electron chi connectivity index (χ1n) is 13.9. The minimum atomic E-state index is -4.78. The second-order valence-electron chi connectivity index (χ2n) is 10.2. The van der Waals surface area contributed by atoms with Crippen LogP contribution in [-0.2, 0) is 11.2 Å². The first kappa shape index (κ1) is 31.6. The molecule has 1 N–H and O–H groups in total. The Hall–Kier alpha value is -4.85. The molecule has 1 fully saturated rings. The van der Waals surface area contributed by atoms with Crippen LogP contribution in [0.1, 0.15) is 37.8 Å². The summed E-state index contributed by atoms with van der Waals surface area (Å²) in [7, 11) is 1.55. The summed E-state index contributed by atoms with van der Waals surface area (Å²) in [6.07, 6.45) is -2.76. The standard InChI is InChI=1S/C31H29F3N6O4S/c1-5-19-14-20(28-35-17-39(38-28)21-7-9-22(10-8-21)44-31(32,33)34)6-13-25(19)36-29(42)37-30-40(27(41)16-45-30)26-15-23(43-4)11-12-24(26)18(2)3/h6-15,17-18H,5,16H2,1-4H3,(H,36,42)/b37-30-. The van der Waals surface area contributed by atoms with E-state index in [1.54, 1.807) is 25.3 Å². The largest absolute Gasteiger partial charge is 0.573 e. The maximum Gasteiger partial charge on any atom is 0.573 e. The van der Waals surface area contributed by atoms with Gasteiger partial charge < -0.3 is 14.8 Å². The number of carbonyl (C=O) groups excluding carboxylic acids is 2.